The fourth-order valence-electron chi connectivity index (χ4n) is 1.87. The van der Waals surface area contributed by atoms with Crippen LogP contribution >= 0.6 is 0 Å². The number of nitrogens with zero attached hydrogens (tertiary/aromatic N) is 1. The molecule has 100 valence electrons. The highest BCUT2D eigenvalue weighted by molar-refractivity contribution is 5.96. The van der Waals surface area contributed by atoms with Crippen LogP contribution in [-0.2, 0) is 6.54 Å². The molecule has 6 nitrogen and oxygen atoms in total. The van der Waals surface area contributed by atoms with Crippen molar-refractivity contribution < 1.29 is 9.21 Å². The molecule has 0 saturated carbocycles. The lowest BCUT2D eigenvalue weighted by Crippen LogP contribution is -2.22. The van der Waals surface area contributed by atoms with Crippen LogP contribution in [-0.4, -0.2) is 15.9 Å². The van der Waals surface area contributed by atoms with Gasteiger partial charge in [0.15, 0.2) is 5.58 Å². The monoisotopic (exact) mass is 269 g/mol. The maximum atomic E-state index is 12.0. The Morgan fingerprint density at radius 1 is 1.25 bits per heavy atom. The van der Waals surface area contributed by atoms with Gasteiger partial charge in [0, 0.05) is 24.5 Å². The molecule has 3 aromatic rings. The Balaban J connectivity index is 1.76. The number of oxazole rings is 1. The van der Waals surface area contributed by atoms with Gasteiger partial charge in [0.05, 0.1) is 5.52 Å². The Hall–Kier alpha value is -2.89. The SMILES string of the molecule is O=C(NCc1ccncc1)c1ccc2[nH]c(=O)oc2c1. The van der Waals surface area contributed by atoms with Crippen LogP contribution < -0.4 is 11.1 Å². The Morgan fingerprint density at radius 2 is 2.05 bits per heavy atom. The number of benzene rings is 1. The molecule has 0 bridgehead atoms. The lowest BCUT2D eigenvalue weighted by molar-refractivity contribution is 0.0951. The van der Waals surface area contributed by atoms with Crippen LogP contribution in [0.15, 0.2) is 51.9 Å². The Labute approximate surface area is 113 Å². The van der Waals surface area contributed by atoms with E-state index in [-0.39, 0.29) is 5.91 Å². The number of pyridine rings is 1. The molecule has 6 heteroatoms. The third-order valence-corrected chi connectivity index (χ3v) is 2.89. The molecule has 0 fully saturated rings. The van der Waals surface area contributed by atoms with Crippen molar-refractivity contribution in [3.05, 3.63) is 64.4 Å². The maximum absolute atomic E-state index is 12.0. The minimum atomic E-state index is -0.533. The largest absolute Gasteiger partial charge is 0.417 e. The number of rotatable bonds is 3. The molecular weight excluding hydrogens is 258 g/mol. The van der Waals surface area contributed by atoms with Gasteiger partial charge in [0.2, 0.25) is 0 Å². The summed E-state index contributed by atoms with van der Waals surface area (Å²) in [5.74, 6) is -0.762. The van der Waals surface area contributed by atoms with Crippen LogP contribution in [0.4, 0.5) is 0 Å². The molecule has 2 N–H and O–H groups in total. The Kier molecular flexibility index (Phi) is 3.04. The third-order valence-electron chi connectivity index (χ3n) is 2.89. The van der Waals surface area contributed by atoms with Crippen molar-refractivity contribution in [2.45, 2.75) is 6.54 Å². The predicted molar refractivity (Wildman–Crippen MR) is 72.2 cm³/mol. The summed E-state index contributed by atoms with van der Waals surface area (Å²) < 4.78 is 4.92. The van der Waals surface area contributed by atoms with Gasteiger partial charge < -0.3 is 9.73 Å². The van der Waals surface area contributed by atoms with Crippen LogP contribution in [0.5, 0.6) is 0 Å². The molecular formula is C14H11N3O3. The van der Waals surface area contributed by atoms with E-state index in [1.165, 1.54) is 6.07 Å². The number of nitrogens with one attached hydrogen (secondary N) is 2. The van der Waals surface area contributed by atoms with Gasteiger partial charge in [-0.05, 0) is 35.9 Å². The van der Waals surface area contributed by atoms with Gasteiger partial charge in [-0.1, -0.05) is 0 Å². The zero-order valence-electron chi connectivity index (χ0n) is 10.4. The van der Waals surface area contributed by atoms with Crippen LogP contribution in [0.3, 0.4) is 0 Å². The highest BCUT2D eigenvalue weighted by Gasteiger charge is 2.08. The van der Waals surface area contributed by atoms with E-state index in [4.69, 9.17) is 4.42 Å². The number of carbonyl (C=O) groups excluding carboxylic acids is 1. The molecule has 0 radical (unpaired) electrons. The van der Waals surface area contributed by atoms with Gasteiger partial charge in [-0.25, -0.2) is 4.79 Å². The first-order valence-corrected chi connectivity index (χ1v) is 6.02. The fourth-order valence-corrected chi connectivity index (χ4v) is 1.87. The van der Waals surface area contributed by atoms with Crippen LogP contribution in [0, 0.1) is 0 Å². The summed E-state index contributed by atoms with van der Waals surface area (Å²) in [6.45, 7) is 0.413. The third kappa shape index (κ3) is 2.44. The Bertz CT molecular complexity index is 805. The number of aromatic nitrogens is 2. The highest BCUT2D eigenvalue weighted by atomic mass is 16.4. The van der Waals surface area contributed by atoms with Gasteiger partial charge in [-0.3, -0.25) is 14.8 Å². The van der Waals surface area contributed by atoms with Crippen molar-refractivity contribution in [1.82, 2.24) is 15.3 Å². The number of carbonyl (C=O) groups is 1. The normalized spacial score (nSPS) is 10.6. The van der Waals surface area contributed by atoms with Gasteiger partial charge in [-0.2, -0.15) is 0 Å². The Morgan fingerprint density at radius 3 is 2.85 bits per heavy atom. The van der Waals surface area contributed by atoms with Gasteiger partial charge in [0.1, 0.15) is 0 Å². The minimum absolute atomic E-state index is 0.229. The summed E-state index contributed by atoms with van der Waals surface area (Å²) >= 11 is 0. The van der Waals surface area contributed by atoms with E-state index >= 15 is 0 Å². The fraction of sp³-hybridized carbons (Fsp3) is 0.0714. The van der Waals surface area contributed by atoms with E-state index in [1.807, 2.05) is 12.1 Å². The molecule has 2 aromatic heterocycles. The zero-order chi connectivity index (χ0) is 13.9. The number of fused-ring (bicyclic) bond motifs is 1. The van der Waals surface area contributed by atoms with Crippen LogP contribution in [0.2, 0.25) is 0 Å². The summed E-state index contributed by atoms with van der Waals surface area (Å²) in [5.41, 5.74) is 2.34. The number of hydrogen-bond donors (Lipinski definition) is 2. The van der Waals surface area contributed by atoms with E-state index in [9.17, 15) is 9.59 Å². The number of aromatic amines is 1. The zero-order valence-corrected chi connectivity index (χ0v) is 10.4. The van der Waals surface area contributed by atoms with Crippen molar-refractivity contribution in [2.24, 2.45) is 0 Å². The predicted octanol–water partition coefficient (Wildman–Crippen LogP) is 1.45. The van der Waals surface area contributed by atoms with Crippen molar-refractivity contribution in [3.8, 4) is 0 Å². The molecule has 3 rings (SSSR count). The molecule has 1 aromatic carbocycles. The summed E-state index contributed by atoms with van der Waals surface area (Å²) in [4.78, 5) is 29.5. The number of hydrogen-bond acceptors (Lipinski definition) is 4. The second kappa shape index (κ2) is 5.00. The average Bonchev–Trinajstić information content (AvgIpc) is 2.85. The minimum Gasteiger partial charge on any atom is -0.408 e. The lowest BCUT2D eigenvalue weighted by Gasteiger charge is -2.04. The molecule has 0 saturated heterocycles. The first-order chi connectivity index (χ1) is 9.72. The maximum Gasteiger partial charge on any atom is 0.417 e. The molecule has 0 aliphatic rings. The molecule has 0 aliphatic carbocycles. The smallest absolute Gasteiger partial charge is 0.408 e. The van der Waals surface area contributed by atoms with Crippen molar-refractivity contribution in [2.75, 3.05) is 0 Å². The second-order valence-electron chi connectivity index (χ2n) is 4.26. The molecule has 2 heterocycles. The molecule has 0 atom stereocenters. The van der Waals surface area contributed by atoms with E-state index in [1.54, 1.807) is 24.5 Å². The highest BCUT2D eigenvalue weighted by Crippen LogP contribution is 2.12. The van der Waals surface area contributed by atoms with Gasteiger partial charge >= 0.3 is 5.76 Å². The van der Waals surface area contributed by atoms with E-state index in [2.05, 4.69) is 15.3 Å². The topological polar surface area (TPSA) is 88.0 Å². The molecule has 0 spiro atoms. The first-order valence-electron chi connectivity index (χ1n) is 6.02. The summed E-state index contributed by atoms with van der Waals surface area (Å²) in [6, 6.07) is 8.47. The van der Waals surface area contributed by atoms with Crippen molar-refractivity contribution in [3.63, 3.8) is 0 Å². The molecule has 20 heavy (non-hydrogen) atoms. The van der Waals surface area contributed by atoms with Gasteiger partial charge in [-0.15, -0.1) is 0 Å². The number of H-pyrrole nitrogens is 1. The standard InChI is InChI=1S/C14H11N3O3/c18-13(16-8-9-3-5-15-6-4-9)10-1-2-11-12(7-10)20-14(19)17-11/h1-7H,8H2,(H,16,18)(H,17,19). The van der Waals surface area contributed by atoms with E-state index < -0.39 is 5.76 Å². The first kappa shape index (κ1) is 12.2. The second-order valence-corrected chi connectivity index (χ2v) is 4.26. The number of amides is 1. The van der Waals surface area contributed by atoms with Crippen molar-refractivity contribution in [1.29, 1.82) is 0 Å². The van der Waals surface area contributed by atoms with Crippen LogP contribution in [0.25, 0.3) is 11.1 Å². The summed E-state index contributed by atoms with van der Waals surface area (Å²) in [7, 11) is 0. The van der Waals surface area contributed by atoms with E-state index in [0.29, 0.717) is 23.2 Å². The average molecular weight is 269 g/mol. The summed E-state index contributed by atoms with van der Waals surface area (Å²) in [6.07, 6.45) is 3.34. The molecule has 0 aliphatic heterocycles. The quantitative estimate of drug-likeness (QED) is 0.753. The van der Waals surface area contributed by atoms with Crippen molar-refractivity contribution >= 4 is 17.0 Å². The lowest BCUT2D eigenvalue weighted by atomic mass is 10.2. The molecule has 0 unspecified atom stereocenters. The molecule has 1 amide bonds. The van der Waals surface area contributed by atoms with Gasteiger partial charge in [0.25, 0.3) is 5.91 Å². The van der Waals surface area contributed by atoms with E-state index in [0.717, 1.165) is 5.56 Å². The van der Waals surface area contributed by atoms with Crippen LogP contribution in [0.1, 0.15) is 15.9 Å². The summed E-state index contributed by atoms with van der Waals surface area (Å²) in [5, 5.41) is 2.79.